The Balaban J connectivity index is 2.01. The molecule has 0 aromatic carbocycles. The van der Waals surface area contributed by atoms with E-state index in [0.717, 1.165) is 25.9 Å². The number of Topliss-reactive ketones (excluding diaryl/α,β-unsaturated/α-hetero) is 1. The third-order valence-corrected chi connectivity index (χ3v) is 3.16. The number of hydrogen-bond donors (Lipinski definition) is 0. The van der Waals surface area contributed by atoms with E-state index >= 15 is 0 Å². The van der Waals surface area contributed by atoms with Crippen molar-refractivity contribution < 1.29 is 4.79 Å². The summed E-state index contributed by atoms with van der Waals surface area (Å²) in [4.78, 5) is 14.0. The lowest BCUT2D eigenvalue weighted by molar-refractivity contribution is -0.120. The van der Waals surface area contributed by atoms with Gasteiger partial charge in [-0.1, -0.05) is 32.6 Å². The molecule has 1 aliphatic rings. The molecule has 0 unspecified atom stereocenters. The molecule has 2 heteroatoms. The Morgan fingerprint density at radius 3 is 2.47 bits per heavy atom. The van der Waals surface area contributed by atoms with E-state index in [1.165, 1.54) is 38.5 Å². The number of ketones is 1. The molecule has 1 saturated heterocycles. The van der Waals surface area contributed by atoms with Crippen molar-refractivity contribution in [1.29, 1.82) is 0 Å². The van der Waals surface area contributed by atoms with Crippen LogP contribution in [0.15, 0.2) is 0 Å². The third-order valence-electron chi connectivity index (χ3n) is 3.16. The molecule has 15 heavy (non-hydrogen) atoms. The van der Waals surface area contributed by atoms with E-state index in [1.807, 2.05) is 0 Å². The first-order chi connectivity index (χ1) is 7.33. The summed E-state index contributed by atoms with van der Waals surface area (Å²) in [6.07, 6.45) is 9.56. The van der Waals surface area contributed by atoms with Gasteiger partial charge in [-0.05, 0) is 32.4 Å². The molecule has 0 radical (unpaired) electrons. The number of hydrogen-bond acceptors (Lipinski definition) is 2. The van der Waals surface area contributed by atoms with E-state index in [4.69, 9.17) is 0 Å². The molecule has 0 aromatic rings. The van der Waals surface area contributed by atoms with Gasteiger partial charge in [-0.25, -0.2) is 0 Å². The van der Waals surface area contributed by atoms with Crippen molar-refractivity contribution >= 4 is 5.78 Å². The minimum atomic E-state index is 0.452. The second-order valence-corrected chi connectivity index (χ2v) is 4.69. The summed E-state index contributed by atoms with van der Waals surface area (Å²) in [6, 6.07) is 0. The molecular weight excluding hydrogens is 186 g/mol. The number of likely N-dealkylation sites (tertiary alicyclic amines) is 1. The summed E-state index contributed by atoms with van der Waals surface area (Å²) in [5, 5.41) is 0. The highest BCUT2D eigenvalue weighted by Crippen LogP contribution is 2.09. The number of unbranched alkanes of at least 4 members (excludes halogenated alkanes) is 3. The number of nitrogens with zero attached hydrogens (tertiary/aromatic N) is 1. The maximum atomic E-state index is 11.6. The van der Waals surface area contributed by atoms with Gasteiger partial charge in [0.15, 0.2) is 0 Å². The molecule has 0 aromatic heterocycles. The minimum Gasteiger partial charge on any atom is -0.298 e. The quantitative estimate of drug-likeness (QED) is 0.603. The van der Waals surface area contributed by atoms with Crippen LogP contribution in [0.3, 0.4) is 0 Å². The van der Waals surface area contributed by atoms with Crippen LogP contribution in [-0.4, -0.2) is 30.3 Å². The number of carbonyl (C=O) groups is 1. The van der Waals surface area contributed by atoms with Crippen LogP contribution in [0.1, 0.15) is 58.3 Å². The standard InChI is InChI=1S/C13H25NO/c1-2-3-4-6-9-13(15)12-14-10-7-5-8-11-14/h2-12H2,1H3. The minimum absolute atomic E-state index is 0.452. The maximum Gasteiger partial charge on any atom is 0.146 e. The molecule has 0 bridgehead atoms. The molecule has 1 aliphatic heterocycles. The van der Waals surface area contributed by atoms with Crippen molar-refractivity contribution in [3.8, 4) is 0 Å². The molecule has 88 valence electrons. The zero-order valence-corrected chi connectivity index (χ0v) is 10.1. The van der Waals surface area contributed by atoms with Gasteiger partial charge in [-0.15, -0.1) is 0 Å². The highest BCUT2D eigenvalue weighted by Gasteiger charge is 2.13. The number of piperidine rings is 1. The Bertz CT molecular complexity index is 173. The molecule has 0 atom stereocenters. The van der Waals surface area contributed by atoms with Gasteiger partial charge in [0, 0.05) is 6.42 Å². The first kappa shape index (κ1) is 12.7. The molecule has 2 nitrogen and oxygen atoms in total. The normalized spacial score (nSPS) is 17.9. The fraction of sp³-hybridized carbons (Fsp3) is 0.923. The van der Waals surface area contributed by atoms with Gasteiger partial charge < -0.3 is 0 Å². The summed E-state index contributed by atoms with van der Waals surface area (Å²) in [7, 11) is 0. The molecule has 1 rings (SSSR count). The first-order valence-electron chi connectivity index (χ1n) is 6.57. The van der Waals surface area contributed by atoms with Crippen LogP contribution >= 0.6 is 0 Å². The second kappa shape index (κ2) is 7.86. The number of carbonyl (C=O) groups excluding carboxylic acids is 1. The molecule has 0 aliphatic carbocycles. The highest BCUT2D eigenvalue weighted by atomic mass is 16.1. The SMILES string of the molecule is CCCCCCC(=O)CN1CCCCC1. The predicted molar refractivity (Wildman–Crippen MR) is 64.1 cm³/mol. The Kier molecular flexibility index (Phi) is 6.66. The van der Waals surface area contributed by atoms with E-state index in [0.29, 0.717) is 12.3 Å². The largest absolute Gasteiger partial charge is 0.298 e. The summed E-state index contributed by atoms with van der Waals surface area (Å²) < 4.78 is 0. The van der Waals surface area contributed by atoms with Gasteiger partial charge in [0.1, 0.15) is 5.78 Å². The second-order valence-electron chi connectivity index (χ2n) is 4.69. The highest BCUT2D eigenvalue weighted by molar-refractivity contribution is 5.80. The molecule has 1 fully saturated rings. The molecule has 0 N–H and O–H groups in total. The zero-order valence-electron chi connectivity index (χ0n) is 10.1. The fourth-order valence-corrected chi connectivity index (χ4v) is 2.19. The van der Waals surface area contributed by atoms with Gasteiger partial charge in [0.05, 0.1) is 6.54 Å². The van der Waals surface area contributed by atoms with Crippen LogP contribution in [0.5, 0.6) is 0 Å². The van der Waals surface area contributed by atoms with Crippen LogP contribution in [0.4, 0.5) is 0 Å². The Labute approximate surface area is 94.0 Å². The van der Waals surface area contributed by atoms with Crippen LogP contribution in [0.2, 0.25) is 0 Å². The zero-order chi connectivity index (χ0) is 10.9. The van der Waals surface area contributed by atoms with Crippen molar-refractivity contribution in [2.45, 2.75) is 58.3 Å². The molecule has 0 saturated carbocycles. The third kappa shape index (κ3) is 5.93. The van der Waals surface area contributed by atoms with E-state index < -0.39 is 0 Å². The van der Waals surface area contributed by atoms with Crippen LogP contribution in [0.25, 0.3) is 0 Å². The van der Waals surface area contributed by atoms with Crippen molar-refractivity contribution in [3.63, 3.8) is 0 Å². The lowest BCUT2D eigenvalue weighted by Crippen LogP contribution is -2.34. The lowest BCUT2D eigenvalue weighted by Gasteiger charge is -2.25. The Morgan fingerprint density at radius 1 is 1.07 bits per heavy atom. The maximum absolute atomic E-state index is 11.6. The smallest absolute Gasteiger partial charge is 0.146 e. The molecule has 0 spiro atoms. The van der Waals surface area contributed by atoms with Crippen molar-refractivity contribution in [2.24, 2.45) is 0 Å². The van der Waals surface area contributed by atoms with Gasteiger partial charge in [-0.2, -0.15) is 0 Å². The van der Waals surface area contributed by atoms with Gasteiger partial charge >= 0.3 is 0 Å². The van der Waals surface area contributed by atoms with Gasteiger partial charge in [0.25, 0.3) is 0 Å². The monoisotopic (exact) mass is 211 g/mol. The summed E-state index contributed by atoms with van der Waals surface area (Å²) >= 11 is 0. The van der Waals surface area contributed by atoms with Crippen LogP contribution in [0, 0.1) is 0 Å². The summed E-state index contributed by atoms with van der Waals surface area (Å²) in [5.74, 6) is 0.452. The Morgan fingerprint density at radius 2 is 1.80 bits per heavy atom. The fourth-order valence-electron chi connectivity index (χ4n) is 2.19. The predicted octanol–water partition coefficient (Wildman–Crippen LogP) is 3.01. The molecular formula is C13H25NO. The van der Waals surface area contributed by atoms with Gasteiger partial charge in [0.2, 0.25) is 0 Å². The average molecular weight is 211 g/mol. The van der Waals surface area contributed by atoms with E-state index in [2.05, 4.69) is 11.8 Å². The van der Waals surface area contributed by atoms with E-state index in [-0.39, 0.29) is 0 Å². The van der Waals surface area contributed by atoms with Crippen molar-refractivity contribution in [1.82, 2.24) is 4.90 Å². The van der Waals surface area contributed by atoms with Crippen LogP contribution in [-0.2, 0) is 4.79 Å². The topological polar surface area (TPSA) is 20.3 Å². The first-order valence-corrected chi connectivity index (χ1v) is 6.57. The Hall–Kier alpha value is -0.370. The van der Waals surface area contributed by atoms with E-state index in [9.17, 15) is 4.79 Å². The van der Waals surface area contributed by atoms with Crippen LogP contribution < -0.4 is 0 Å². The summed E-state index contributed by atoms with van der Waals surface area (Å²) in [6.45, 7) is 5.20. The summed E-state index contributed by atoms with van der Waals surface area (Å²) in [5.41, 5.74) is 0. The molecule has 0 amide bonds. The van der Waals surface area contributed by atoms with E-state index in [1.54, 1.807) is 0 Å². The van der Waals surface area contributed by atoms with Gasteiger partial charge in [-0.3, -0.25) is 9.69 Å². The average Bonchev–Trinajstić information content (AvgIpc) is 2.26. The van der Waals surface area contributed by atoms with Crippen molar-refractivity contribution in [3.05, 3.63) is 0 Å². The lowest BCUT2D eigenvalue weighted by atomic mass is 10.1. The number of rotatable bonds is 7. The molecule has 1 heterocycles. The van der Waals surface area contributed by atoms with Crippen molar-refractivity contribution in [2.75, 3.05) is 19.6 Å².